The van der Waals surface area contributed by atoms with Gasteiger partial charge in [0.1, 0.15) is 11.6 Å². The maximum Gasteiger partial charge on any atom is 0.277 e. The number of pyridine rings is 1. The molecule has 1 N–H and O–H groups in total. The fraction of sp³-hybridized carbons (Fsp3) is 0.133. The molecule has 1 heterocycles. The molecular formula is C15H14FN3O2. The number of amides is 1. The van der Waals surface area contributed by atoms with Gasteiger partial charge in [0.05, 0.1) is 5.71 Å². The van der Waals surface area contributed by atoms with Crippen LogP contribution in [0.15, 0.2) is 53.9 Å². The van der Waals surface area contributed by atoms with Gasteiger partial charge in [-0.25, -0.2) is 9.82 Å². The third-order valence-electron chi connectivity index (χ3n) is 2.63. The summed E-state index contributed by atoms with van der Waals surface area (Å²) in [6.07, 6.45) is 3.29. The van der Waals surface area contributed by atoms with E-state index in [0.29, 0.717) is 11.5 Å². The van der Waals surface area contributed by atoms with Gasteiger partial charge in [0.15, 0.2) is 6.61 Å². The van der Waals surface area contributed by atoms with Crippen LogP contribution in [0.1, 0.15) is 12.5 Å². The predicted molar refractivity (Wildman–Crippen MR) is 76.5 cm³/mol. The van der Waals surface area contributed by atoms with E-state index < -0.39 is 5.91 Å². The molecule has 21 heavy (non-hydrogen) atoms. The van der Waals surface area contributed by atoms with Crippen LogP contribution in [0.2, 0.25) is 0 Å². The quantitative estimate of drug-likeness (QED) is 0.677. The molecule has 1 aromatic heterocycles. The number of carbonyl (C=O) groups excluding carboxylic acids is 1. The number of halogens is 1. The van der Waals surface area contributed by atoms with Crippen molar-refractivity contribution in [3.63, 3.8) is 0 Å². The van der Waals surface area contributed by atoms with E-state index in [2.05, 4.69) is 15.5 Å². The van der Waals surface area contributed by atoms with Gasteiger partial charge in [0.2, 0.25) is 0 Å². The van der Waals surface area contributed by atoms with Gasteiger partial charge < -0.3 is 4.74 Å². The molecule has 0 aliphatic carbocycles. The first-order valence-electron chi connectivity index (χ1n) is 6.27. The van der Waals surface area contributed by atoms with Gasteiger partial charge in [-0.3, -0.25) is 9.78 Å². The van der Waals surface area contributed by atoms with E-state index in [9.17, 15) is 9.18 Å². The topological polar surface area (TPSA) is 63.6 Å². The van der Waals surface area contributed by atoms with Gasteiger partial charge in [-0.15, -0.1) is 0 Å². The second-order valence-electron chi connectivity index (χ2n) is 4.21. The largest absolute Gasteiger partial charge is 0.484 e. The summed E-state index contributed by atoms with van der Waals surface area (Å²) in [5.74, 6) is -0.335. The lowest BCUT2D eigenvalue weighted by atomic mass is 10.2. The van der Waals surface area contributed by atoms with E-state index in [4.69, 9.17) is 4.74 Å². The van der Waals surface area contributed by atoms with Crippen LogP contribution >= 0.6 is 0 Å². The minimum absolute atomic E-state index is 0.196. The molecule has 108 valence electrons. The highest BCUT2D eigenvalue weighted by Gasteiger charge is 2.03. The van der Waals surface area contributed by atoms with Crippen molar-refractivity contribution in [2.45, 2.75) is 6.92 Å². The third-order valence-corrected chi connectivity index (χ3v) is 2.63. The lowest BCUT2D eigenvalue weighted by Gasteiger charge is -2.05. The molecule has 0 saturated heterocycles. The van der Waals surface area contributed by atoms with Crippen LogP contribution in [0.3, 0.4) is 0 Å². The summed E-state index contributed by atoms with van der Waals surface area (Å²) < 4.78 is 17.9. The summed E-state index contributed by atoms with van der Waals surface area (Å²) in [4.78, 5) is 15.5. The number of benzene rings is 1. The van der Waals surface area contributed by atoms with Crippen molar-refractivity contribution in [1.29, 1.82) is 0 Å². The fourth-order valence-corrected chi connectivity index (χ4v) is 1.52. The Hall–Kier alpha value is -2.76. The Morgan fingerprint density at radius 1 is 1.24 bits per heavy atom. The second kappa shape index (κ2) is 7.14. The van der Waals surface area contributed by atoms with Crippen LogP contribution in [0.25, 0.3) is 0 Å². The standard InChI is InChI=1S/C15H14FN3O2/c1-11(12-6-8-17-9-7-12)18-19-15(20)10-21-14-4-2-13(16)3-5-14/h2-9H,10H2,1H3,(H,19,20)/b18-11+. The summed E-state index contributed by atoms with van der Waals surface area (Å²) in [5.41, 5.74) is 3.92. The SMILES string of the molecule is C/C(=N\NC(=O)COc1ccc(F)cc1)c1ccncc1. The molecule has 5 nitrogen and oxygen atoms in total. The highest BCUT2D eigenvalue weighted by molar-refractivity contribution is 5.99. The van der Waals surface area contributed by atoms with E-state index in [1.54, 1.807) is 31.5 Å². The van der Waals surface area contributed by atoms with E-state index in [-0.39, 0.29) is 12.4 Å². The first-order chi connectivity index (χ1) is 10.1. The highest BCUT2D eigenvalue weighted by atomic mass is 19.1. The van der Waals surface area contributed by atoms with Crippen molar-refractivity contribution >= 4 is 11.6 Å². The zero-order valence-corrected chi connectivity index (χ0v) is 11.4. The molecule has 0 fully saturated rings. The van der Waals surface area contributed by atoms with E-state index in [1.807, 2.05) is 0 Å². The van der Waals surface area contributed by atoms with Gasteiger partial charge >= 0.3 is 0 Å². The zero-order valence-electron chi connectivity index (χ0n) is 11.4. The molecular weight excluding hydrogens is 273 g/mol. The molecule has 0 unspecified atom stereocenters. The number of hydrogen-bond donors (Lipinski definition) is 1. The predicted octanol–water partition coefficient (Wildman–Crippen LogP) is 2.14. The van der Waals surface area contributed by atoms with Crippen LogP contribution in [-0.2, 0) is 4.79 Å². The first kappa shape index (κ1) is 14.6. The Morgan fingerprint density at radius 2 is 1.90 bits per heavy atom. The summed E-state index contributed by atoms with van der Waals surface area (Å²) in [5, 5.41) is 3.97. The van der Waals surface area contributed by atoms with Crippen molar-refractivity contribution in [3.05, 3.63) is 60.2 Å². The van der Waals surface area contributed by atoms with Crippen LogP contribution in [-0.4, -0.2) is 23.2 Å². The Labute approximate surface area is 121 Å². The smallest absolute Gasteiger partial charge is 0.277 e. The normalized spacial score (nSPS) is 11.0. The summed E-state index contributed by atoms with van der Waals surface area (Å²) in [7, 11) is 0. The maximum atomic E-state index is 12.7. The van der Waals surface area contributed by atoms with Crippen molar-refractivity contribution < 1.29 is 13.9 Å². The molecule has 0 aliphatic heterocycles. The van der Waals surface area contributed by atoms with Crippen molar-refractivity contribution in [2.24, 2.45) is 5.10 Å². The number of nitrogens with zero attached hydrogens (tertiary/aromatic N) is 2. The molecule has 2 aromatic rings. The minimum Gasteiger partial charge on any atom is -0.484 e. The second-order valence-corrected chi connectivity index (χ2v) is 4.21. The molecule has 0 spiro atoms. The van der Waals surface area contributed by atoms with Crippen molar-refractivity contribution in [2.75, 3.05) is 6.61 Å². The zero-order chi connectivity index (χ0) is 15.1. The Morgan fingerprint density at radius 3 is 2.57 bits per heavy atom. The Bertz CT molecular complexity index is 627. The average molecular weight is 287 g/mol. The van der Waals surface area contributed by atoms with Gasteiger partial charge in [-0.1, -0.05) is 0 Å². The molecule has 0 aliphatic rings. The van der Waals surface area contributed by atoms with E-state index in [0.717, 1.165) is 5.56 Å². The lowest BCUT2D eigenvalue weighted by Crippen LogP contribution is -2.25. The summed E-state index contributed by atoms with van der Waals surface area (Å²) in [6, 6.07) is 9.01. The fourth-order valence-electron chi connectivity index (χ4n) is 1.52. The number of rotatable bonds is 5. The molecule has 2 rings (SSSR count). The molecule has 0 atom stereocenters. The lowest BCUT2D eigenvalue weighted by molar-refractivity contribution is -0.123. The number of hydrazone groups is 1. The van der Waals surface area contributed by atoms with Gasteiger partial charge in [0, 0.05) is 18.0 Å². The number of nitrogens with one attached hydrogen (secondary N) is 1. The van der Waals surface area contributed by atoms with Crippen LogP contribution in [0.4, 0.5) is 4.39 Å². The third kappa shape index (κ3) is 4.68. The van der Waals surface area contributed by atoms with Gasteiger partial charge in [-0.05, 0) is 43.3 Å². The summed E-state index contributed by atoms with van der Waals surface area (Å²) >= 11 is 0. The van der Waals surface area contributed by atoms with Crippen LogP contribution < -0.4 is 10.2 Å². The number of hydrogen-bond acceptors (Lipinski definition) is 4. The molecule has 0 radical (unpaired) electrons. The molecule has 1 aromatic carbocycles. The average Bonchev–Trinajstić information content (AvgIpc) is 2.53. The van der Waals surface area contributed by atoms with E-state index >= 15 is 0 Å². The number of aromatic nitrogens is 1. The Balaban J connectivity index is 1.83. The summed E-state index contributed by atoms with van der Waals surface area (Å²) in [6.45, 7) is 1.58. The van der Waals surface area contributed by atoms with Crippen molar-refractivity contribution in [1.82, 2.24) is 10.4 Å². The first-order valence-corrected chi connectivity index (χ1v) is 6.27. The van der Waals surface area contributed by atoms with Crippen molar-refractivity contribution in [3.8, 4) is 5.75 Å². The number of carbonyl (C=O) groups is 1. The van der Waals surface area contributed by atoms with Gasteiger partial charge in [-0.2, -0.15) is 5.10 Å². The van der Waals surface area contributed by atoms with Crippen LogP contribution in [0.5, 0.6) is 5.75 Å². The Kier molecular flexibility index (Phi) is 4.98. The van der Waals surface area contributed by atoms with Crippen LogP contribution in [0, 0.1) is 5.82 Å². The maximum absolute atomic E-state index is 12.7. The highest BCUT2D eigenvalue weighted by Crippen LogP contribution is 2.10. The monoisotopic (exact) mass is 287 g/mol. The van der Waals surface area contributed by atoms with E-state index in [1.165, 1.54) is 24.3 Å². The van der Waals surface area contributed by atoms with Gasteiger partial charge in [0.25, 0.3) is 5.91 Å². The molecule has 1 amide bonds. The molecule has 0 saturated carbocycles. The molecule has 0 bridgehead atoms. The number of ether oxygens (including phenoxy) is 1. The minimum atomic E-state index is -0.396. The molecule has 6 heteroatoms.